The molecular weight excluding hydrogens is 426 g/mol. The maximum absolute atomic E-state index is 12.4. The molecule has 34 heavy (non-hydrogen) atoms. The number of rotatable bonds is 9. The molecule has 1 nitrogen and oxygen atoms in total. The molecule has 0 bridgehead atoms. The molecule has 0 amide bonds. The highest BCUT2D eigenvalue weighted by molar-refractivity contribution is 4.89. The van der Waals surface area contributed by atoms with E-state index >= 15 is 0 Å². The predicted octanol–water partition coefficient (Wildman–Crippen LogP) is 9.95. The average molecular weight is 479 g/mol. The molecule has 4 aliphatic rings. The quantitative estimate of drug-likeness (QED) is 0.300. The predicted molar refractivity (Wildman–Crippen MR) is 138 cm³/mol. The van der Waals surface area contributed by atoms with Crippen LogP contribution in [-0.2, 0) is 4.74 Å². The van der Waals surface area contributed by atoms with E-state index in [0.29, 0.717) is 18.4 Å². The standard InChI is InChI=1S/C31H52F2O/c1-2-3-4-5-24-8-20-30(34-22-24)29-18-16-28(17-19-29)27-14-12-26(13-15-27)25-10-6-23(7-11-25)9-21-31(32)33/h21,23-30H,2-20,22H2,1H3. The Morgan fingerprint density at radius 2 is 1.15 bits per heavy atom. The molecule has 3 aliphatic carbocycles. The van der Waals surface area contributed by atoms with Gasteiger partial charge in [-0.3, -0.25) is 0 Å². The maximum atomic E-state index is 12.4. The fourth-order valence-electron chi connectivity index (χ4n) is 8.34. The van der Waals surface area contributed by atoms with Crippen LogP contribution in [0.15, 0.2) is 12.2 Å². The second-order valence-electron chi connectivity index (χ2n) is 12.7. The zero-order valence-corrected chi connectivity index (χ0v) is 22.0. The number of unbranched alkanes of at least 4 members (excludes halogenated alkanes) is 2. The lowest BCUT2D eigenvalue weighted by Crippen LogP contribution is -2.36. The third kappa shape index (κ3) is 7.78. The topological polar surface area (TPSA) is 9.23 Å². The number of ether oxygens (including phenoxy) is 1. The minimum Gasteiger partial charge on any atom is -0.378 e. The lowest BCUT2D eigenvalue weighted by atomic mass is 9.64. The number of halogens is 2. The van der Waals surface area contributed by atoms with Crippen molar-refractivity contribution in [3.05, 3.63) is 12.2 Å². The number of hydrogen-bond donors (Lipinski definition) is 0. The Labute approximate surface area is 208 Å². The molecule has 3 heteroatoms. The highest BCUT2D eigenvalue weighted by Gasteiger charge is 2.37. The fraction of sp³-hybridized carbons (Fsp3) is 0.935. The molecule has 4 fully saturated rings. The second-order valence-corrected chi connectivity index (χ2v) is 12.7. The highest BCUT2D eigenvalue weighted by Crippen LogP contribution is 2.47. The molecule has 0 aromatic heterocycles. The van der Waals surface area contributed by atoms with Crippen molar-refractivity contribution >= 4 is 0 Å². The summed E-state index contributed by atoms with van der Waals surface area (Å²) in [7, 11) is 0. The van der Waals surface area contributed by atoms with Gasteiger partial charge in [-0.2, -0.15) is 8.78 Å². The van der Waals surface area contributed by atoms with Gasteiger partial charge in [0, 0.05) is 6.61 Å². The first-order chi connectivity index (χ1) is 16.6. The highest BCUT2D eigenvalue weighted by atomic mass is 19.3. The summed E-state index contributed by atoms with van der Waals surface area (Å²) in [6.07, 6.45) is 25.4. The maximum Gasteiger partial charge on any atom is 0.266 e. The third-order valence-corrected chi connectivity index (χ3v) is 10.6. The lowest BCUT2D eigenvalue weighted by molar-refractivity contribution is -0.0623. The minimum absolute atomic E-state index is 0.504. The van der Waals surface area contributed by atoms with E-state index in [1.54, 1.807) is 0 Å². The van der Waals surface area contributed by atoms with Gasteiger partial charge in [0.25, 0.3) is 6.08 Å². The van der Waals surface area contributed by atoms with Crippen LogP contribution in [0.1, 0.15) is 129 Å². The van der Waals surface area contributed by atoms with Crippen molar-refractivity contribution in [2.24, 2.45) is 41.4 Å². The van der Waals surface area contributed by atoms with Crippen molar-refractivity contribution < 1.29 is 13.5 Å². The first-order valence-corrected chi connectivity index (χ1v) is 15.2. The summed E-state index contributed by atoms with van der Waals surface area (Å²) in [5.74, 6) is 5.91. The van der Waals surface area contributed by atoms with Crippen LogP contribution < -0.4 is 0 Å². The largest absolute Gasteiger partial charge is 0.378 e. The Kier molecular flexibility index (Phi) is 10.8. The summed E-state index contributed by atoms with van der Waals surface area (Å²) in [4.78, 5) is 0. The first-order valence-electron chi connectivity index (χ1n) is 15.2. The van der Waals surface area contributed by atoms with Crippen molar-refractivity contribution in [2.75, 3.05) is 6.61 Å². The summed E-state index contributed by atoms with van der Waals surface area (Å²) in [5.41, 5.74) is 0. The van der Waals surface area contributed by atoms with E-state index in [2.05, 4.69) is 6.92 Å². The smallest absolute Gasteiger partial charge is 0.266 e. The van der Waals surface area contributed by atoms with Crippen LogP contribution >= 0.6 is 0 Å². The molecule has 196 valence electrons. The molecule has 0 aromatic carbocycles. The lowest BCUT2D eigenvalue weighted by Gasteiger charge is -2.43. The van der Waals surface area contributed by atoms with Gasteiger partial charge in [0.1, 0.15) is 0 Å². The third-order valence-electron chi connectivity index (χ3n) is 10.6. The molecule has 0 N–H and O–H groups in total. The van der Waals surface area contributed by atoms with Crippen molar-refractivity contribution in [3.8, 4) is 0 Å². The normalized spacial score (nSPS) is 39.5. The van der Waals surface area contributed by atoms with Crippen molar-refractivity contribution in [1.29, 1.82) is 0 Å². The first kappa shape index (κ1) is 26.6. The molecule has 1 saturated heterocycles. The van der Waals surface area contributed by atoms with Gasteiger partial charge in [0.05, 0.1) is 6.10 Å². The van der Waals surface area contributed by atoms with Crippen LogP contribution in [0.4, 0.5) is 8.78 Å². The van der Waals surface area contributed by atoms with Gasteiger partial charge >= 0.3 is 0 Å². The second kappa shape index (κ2) is 13.8. The summed E-state index contributed by atoms with van der Waals surface area (Å²) in [5, 5.41) is 0. The van der Waals surface area contributed by atoms with Crippen molar-refractivity contribution in [2.45, 2.75) is 135 Å². The van der Waals surface area contributed by atoms with E-state index in [1.807, 2.05) is 0 Å². The van der Waals surface area contributed by atoms with Gasteiger partial charge in [0.2, 0.25) is 0 Å². The Morgan fingerprint density at radius 3 is 1.62 bits per heavy atom. The van der Waals surface area contributed by atoms with Gasteiger partial charge in [-0.1, -0.05) is 26.2 Å². The SMILES string of the molecule is CCCCCC1CCC(C2CCC(C3CCC(C4CCC(CC=C(F)F)CC4)CC3)CC2)OC1. The molecule has 0 spiro atoms. The molecule has 2 unspecified atom stereocenters. The van der Waals surface area contributed by atoms with E-state index in [9.17, 15) is 8.78 Å². The van der Waals surface area contributed by atoms with Crippen LogP contribution in [0.3, 0.4) is 0 Å². The zero-order valence-electron chi connectivity index (χ0n) is 22.0. The Morgan fingerprint density at radius 1 is 0.647 bits per heavy atom. The Hall–Kier alpha value is -0.440. The van der Waals surface area contributed by atoms with E-state index in [4.69, 9.17) is 4.74 Å². The van der Waals surface area contributed by atoms with Gasteiger partial charge < -0.3 is 4.74 Å². The van der Waals surface area contributed by atoms with Gasteiger partial charge in [0.15, 0.2) is 0 Å². The van der Waals surface area contributed by atoms with E-state index in [-0.39, 0.29) is 0 Å². The number of hydrogen-bond acceptors (Lipinski definition) is 1. The van der Waals surface area contributed by atoms with E-state index in [1.165, 1.54) is 116 Å². The fourth-order valence-corrected chi connectivity index (χ4v) is 8.34. The summed E-state index contributed by atoms with van der Waals surface area (Å²) >= 11 is 0. The van der Waals surface area contributed by atoms with E-state index < -0.39 is 6.08 Å². The van der Waals surface area contributed by atoms with Crippen LogP contribution in [0.2, 0.25) is 0 Å². The van der Waals surface area contributed by atoms with Crippen LogP contribution in [0, 0.1) is 41.4 Å². The molecular formula is C31H52F2O. The molecule has 3 saturated carbocycles. The molecule has 2 atom stereocenters. The summed E-state index contributed by atoms with van der Waals surface area (Å²) in [6, 6.07) is 0. The molecule has 0 aromatic rings. The number of allylic oxidation sites excluding steroid dienone is 1. The van der Waals surface area contributed by atoms with Gasteiger partial charge in [-0.15, -0.1) is 0 Å². The Bertz CT molecular complexity index is 583. The van der Waals surface area contributed by atoms with Crippen molar-refractivity contribution in [1.82, 2.24) is 0 Å². The van der Waals surface area contributed by atoms with Crippen LogP contribution in [0.5, 0.6) is 0 Å². The van der Waals surface area contributed by atoms with Gasteiger partial charge in [-0.25, -0.2) is 0 Å². The van der Waals surface area contributed by atoms with Crippen LogP contribution in [-0.4, -0.2) is 12.7 Å². The zero-order chi connectivity index (χ0) is 23.8. The minimum atomic E-state index is -1.49. The molecule has 4 rings (SSSR count). The molecule has 1 heterocycles. The molecule has 1 aliphatic heterocycles. The van der Waals surface area contributed by atoms with Crippen LogP contribution in [0.25, 0.3) is 0 Å². The summed E-state index contributed by atoms with van der Waals surface area (Å²) in [6.45, 7) is 3.33. The van der Waals surface area contributed by atoms with Gasteiger partial charge in [-0.05, 0) is 150 Å². The Balaban J connectivity index is 1.10. The monoisotopic (exact) mass is 478 g/mol. The summed E-state index contributed by atoms with van der Waals surface area (Å²) < 4.78 is 31.2. The van der Waals surface area contributed by atoms with E-state index in [0.717, 1.165) is 48.2 Å². The average Bonchev–Trinajstić information content (AvgIpc) is 2.89. The molecule has 0 radical (unpaired) electrons. The van der Waals surface area contributed by atoms with Crippen molar-refractivity contribution in [3.63, 3.8) is 0 Å².